The van der Waals surface area contributed by atoms with E-state index < -0.39 is 0 Å². The lowest BCUT2D eigenvalue weighted by Crippen LogP contribution is -2.41. The summed E-state index contributed by atoms with van der Waals surface area (Å²) in [6.07, 6.45) is 2.39. The van der Waals surface area contributed by atoms with E-state index in [-0.39, 0.29) is 0 Å². The molecule has 1 N–H and O–H groups in total. The standard InChI is InChI=1S/C17H30N2O/c1-6-17(7-2,13-18-3)14-19(4)12-15-10-8-9-11-16(15)20-5/h8-11,18H,6-7,12-14H2,1-5H3. The lowest BCUT2D eigenvalue weighted by atomic mass is 9.81. The topological polar surface area (TPSA) is 24.5 Å². The van der Waals surface area contributed by atoms with Gasteiger partial charge < -0.3 is 15.0 Å². The van der Waals surface area contributed by atoms with Gasteiger partial charge in [-0.05, 0) is 38.4 Å². The lowest BCUT2D eigenvalue weighted by Gasteiger charge is -2.36. The number of nitrogens with one attached hydrogen (secondary N) is 1. The van der Waals surface area contributed by atoms with Crippen molar-refractivity contribution < 1.29 is 4.74 Å². The van der Waals surface area contributed by atoms with E-state index in [9.17, 15) is 0 Å². The van der Waals surface area contributed by atoms with Gasteiger partial charge in [0, 0.05) is 25.2 Å². The summed E-state index contributed by atoms with van der Waals surface area (Å²) in [5, 5.41) is 3.35. The molecule has 114 valence electrons. The van der Waals surface area contributed by atoms with Gasteiger partial charge in [-0.3, -0.25) is 0 Å². The summed E-state index contributed by atoms with van der Waals surface area (Å²) in [5.41, 5.74) is 1.61. The van der Waals surface area contributed by atoms with Crippen LogP contribution in [-0.2, 0) is 6.54 Å². The number of rotatable bonds is 9. The van der Waals surface area contributed by atoms with Crippen molar-refractivity contribution in [2.24, 2.45) is 5.41 Å². The molecular formula is C17H30N2O. The number of hydrogen-bond acceptors (Lipinski definition) is 3. The highest BCUT2D eigenvalue weighted by molar-refractivity contribution is 5.33. The maximum absolute atomic E-state index is 5.44. The van der Waals surface area contributed by atoms with Crippen LogP contribution in [0.3, 0.4) is 0 Å². The quantitative estimate of drug-likeness (QED) is 0.751. The van der Waals surface area contributed by atoms with Gasteiger partial charge in [0.15, 0.2) is 0 Å². The molecule has 0 fully saturated rings. The third kappa shape index (κ3) is 4.50. The fourth-order valence-electron chi connectivity index (χ4n) is 2.91. The number of nitrogens with zero attached hydrogens (tertiary/aromatic N) is 1. The van der Waals surface area contributed by atoms with Crippen LogP contribution >= 0.6 is 0 Å². The van der Waals surface area contributed by atoms with Gasteiger partial charge >= 0.3 is 0 Å². The van der Waals surface area contributed by atoms with Gasteiger partial charge in [0.2, 0.25) is 0 Å². The van der Waals surface area contributed by atoms with Crippen molar-refractivity contribution in [3.05, 3.63) is 29.8 Å². The second-order valence-corrected chi connectivity index (χ2v) is 5.72. The first-order valence-corrected chi connectivity index (χ1v) is 7.55. The fraction of sp³-hybridized carbons (Fsp3) is 0.647. The molecule has 0 spiro atoms. The van der Waals surface area contributed by atoms with Crippen molar-refractivity contribution in [3.63, 3.8) is 0 Å². The summed E-state index contributed by atoms with van der Waals surface area (Å²) < 4.78 is 5.44. The molecule has 0 unspecified atom stereocenters. The maximum atomic E-state index is 5.44. The molecule has 0 bridgehead atoms. The number of methoxy groups -OCH3 is 1. The van der Waals surface area contributed by atoms with Gasteiger partial charge in [-0.1, -0.05) is 32.0 Å². The Kier molecular flexibility index (Phi) is 7.03. The zero-order valence-electron chi connectivity index (χ0n) is 13.7. The van der Waals surface area contributed by atoms with Crippen molar-refractivity contribution in [3.8, 4) is 5.75 Å². The van der Waals surface area contributed by atoms with Crippen molar-refractivity contribution in [1.29, 1.82) is 0 Å². The number of benzene rings is 1. The molecule has 3 nitrogen and oxygen atoms in total. The van der Waals surface area contributed by atoms with Crippen LogP contribution in [0.1, 0.15) is 32.3 Å². The summed E-state index contributed by atoms with van der Waals surface area (Å²) in [6.45, 7) is 7.67. The van der Waals surface area contributed by atoms with E-state index in [4.69, 9.17) is 4.74 Å². The first kappa shape index (κ1) is 17.0. The summed E-state index contributed by atoms with van der Waals surface area (Å²) in [7, 11) is 5.98. The highest BCUT2D eigenvalue weighted by Gasteiger charge is 2.27. The molecular weight excluding hydrogens is 248 g/mol. The van der Waals surface area contributed by atoms with Crippen LogP contribution in [0.15, 0.2) is 24.3 Å². The van der Waals surface area contributed by atoms with E-state index >= 15 is 0 Å². The molecule has 0 aliphatic heterocycles. The fourth-order valence-corrected chi connectivity index (χ4v) is 2.91. The van der Waals surface area contributed by atoms with Crippen molar-refractivity contribution >= 4 is 0 Å². The van der Waals surface area contributed by atoms with Gasteiger partial charge in [-0.2, -0.15) is 0 Å². The molecule has 0 aliphatic rings. The summed E-state index contributed by atoms with van der Waals surface area (Å²) in [5.74, 6) is 0.978. The Bertz CT molecular complexity index is 388. The number of para-hydroxylation sites is 1. The molecule has 1 aromatic rings. The Morgan fingerprint density at radius 3 is 2.40 bits per heavy atom. The average Bonchev–Trinajstić information content (AvgIpc) is 2.47. The smallest absolute Gasteiger partial charge is 0.123 e. The molecule has 0 saturated carbocycles. The van der Waals surface area contributed by atoms with Crippen LogP contribution < -0.4 is 10.1 Å². The largest absolute Gasteiger partial charge is 0.496 e. The molecule has 1 aromatic carbocycles. The summed E-state index contributed by atoms with van der Waals surface area (Å²) >= 11 is 0. The first-order valence-electron chi connectivity index (χ1n) is 7.55. The van der Waals surface area contributed by atoms with Gasteiger partial charge in [0.1, 0.15) is 5.75 Å². The Morgan fingerprint density at radius 1 is 1.20 bits per heavy atom. The zero-order chi connectivity index (χ0) is 15.0. The second kappa shape index (κ2) is 8.28. The number of hydrogen-bond donors (Lipinski definition) is 1. The third-order valence-electron chi connectivity index (χ3n) is 4.29. The van der Waals surface area contributed by atoms with E-state index in [1.165, 1.54) is 18.4 Å². The van der Waals surface area contributed by atoms with Crippen molar-refractivity contribution in [2.75, 3.05) is 34.3 Å². The van der Waals surface area contributed by atoms with Crippen molar-refractivity contribution in [1.82, 2.24) is 10.2 Å². The van der Waals surface area contributed by atoms with Crippen molar-refractivity contribution in [2.45, 2.75) is 33.2 Å². The Morgan fingerprint density at radius 2 is 1.85 bits per heavy atom. The Balaban J connectivity index is 2.72. The van der Waals surface area contributed by atoms with Gasteiger partial charge in [0.05, 0.1) is 7.11 Å². The Labute approximate surface area is 124 Å². The second-order valence-electron chi connectivity index (χ2n) is 5.72. The molecule has 0 saturated heterocycles. The lowest BCUT2D eigenvalue weighted by molar-refractivity contribution is 0.152. The van der Waals surface area contributed by atoms with Gasteiger partial charge in [0.25, 0.3) is 0 Å². The minimum absolute atomic E-state index is 0.353. The van der Waals surface area contributed by atoms with Gasteiger partial charge in [-0.15, -0.1) is 0 Å². The van der Waals surface area contributed by atoms with Gasteiger partial charge in [-0.25, -0.2) is 0 Å². The van der Waals surface area contributed by atoms with E-state index in [0.29, 0.717) is 5.41 Å². The van der Waals surface area contributed by atoms with E-state index in [1.807, 2.05) is 19.2 Å². The average molecular weight is 278 g/mol. The third-order valence-corrected chi connectivity index (χ3v) is 4.29. The van der Waals surface area contributed by atoms with E-state index in [2.05, 4.69) is 43.2 Å². The molecule has 0 aromatic heterocycles. The molecule has 1 rings (SSSR count). The molecule has 20 heavy (non-hydrogen) atoms. The molecule has 0 atom stereocenters. The molecule has 0 amide bonds. The zero-order valence-corrected chi connectivity index (χ0v) is 13.7. The van der Waals surface area contributed by atoms with E-state index in [1.54, 1.807) is 7.11 Å². The van der Waals surface area contributed by atoms with Crippen LogP contribution in [-0.4, -0.2) is 39.2 Å². The minimum atomic E-state index is 0.353. The number of ether oxygens (including phenoxy) is 1. The highest BCUT2D eigenvalue weighted by atomic mass is 16.5. The SMILES string of the molecule is CCC(CC)(CNC)CN(C)Cc1ccccc1OC. The summed E-state index contributed by atoms with van der Waals surface area (Å²) in [4.78, 5) is 2.40. The highest BCUT2D eigenvalue weighted by Crippen LogP contribution is 2.28. The minimum Gasteiger partial charge on any atom is -0.496 e. The van der Waals surface area contributed by atoms with Crippen LogP contribution in [0.4, 0.5) is 0 Å². The van der Waals surface area contributed by atoms with Crippen LogP contribution in [0.2, 0.25) is 0 Å². The van der Waals surface area contributed by atoms with E-state index in [0.717, 1.165) is 25.4 Å². The molecule has 3 heteroatoms. The predicted molar refractivity (Wildman–Crippen MR) is 86.3 cm³/mol. The molecule has 0 aliphatic carbocycles. The summed E-state index contributed by atoms with van der Waals surface area (Å²) in [6, 6.07) is 8.27. The first-order chi connectivity index (χ1) is 9.60. The van der Waals surface area contributed by atoms with Crippen LogP contribution in [0.5, 0.6) is 5.75 Å². The Hall–Kier alpha value is -1.06. The maximum Gasteiger partial charge on any atom is 0.123 e. The predicted octanol–water partition coefficient (Wildman–Crippen LogP) is 3.15. The molecule has 0 radical (unpaired) electrons. The monoisotopic (exact) mass is 278 g/mol. The normalized spacial score (nSPS) is 11.9. The van der Waals surface area contributed by atoms with Crippen LogP contribution in [0, 0.1) is 5.41 Å². The van der Waals surface area contributed by atoms with Crippen LogP contribution in [0.25, 0.3) is 0 Å². The molecule has 0 heterocycles.